The number of nitrogens with zero attached hydrogens (tertiary/aromatic N) is 3. The molecule has 1 fully saturated rings. The Labute approximate surface area is 144 Å². The lowest BCUT2D eigenvalue weighted by Crippen LogP contribution is -2.46. The van der Waals surface area contributed by atoms with Gasteiger partial charge in [0.05, 0.1) is 11.8 Å². The van der Waals surface area contributed by atoms with Crippen molar-refractivity contribution in [3.05, 3.63) is 59.8 Å². The van der Waals surface area contributed by atoms with Crippen LogP contribution in [0.4, 0.5) is 4.39 Å². The van der Waals surface area contributed by atoms with Gasteiger partial charge in [-0.25, -0.2) is 14.4 Å². The van der Waals surface area contributed by atoms with Gasteiger partial charge in [0.25, 0.3) is 5.91 Å². The first kappa shape index (κ1) is 15.7. The summed E-state index contributed by atoms with van der Waals surface area (Å²) < 4.78 is 13.1. The van der Waals surface area contributed by atoms with E-state index in [1.807, 2.05) is 11.0 Å². The van der Waals surface area contributed by atoms with Crippen LogP contribution < -0.4 is 0 Å². The van der Waals surface area contributed by atoms with Crippen molar-refractivity contribution in [2.45, 2.75) is 31.7 Å². The fraction of sp³-hybridized carbons (Fsp3) is 0.316. The monoisotopic (exact) mass is 338 g/mol. The molecule has 0 aliphatic carbocycles. The molecular formula is C19H19FN4O. The van der Waals surface area contributed by atoms with Gasteiger partial charge in [0.15, 0.2) is 5.65 Å². The van der Waals surface area contributed by atoms with E-state index in [-0.39, 0.29) is 17.3 Å². The van der Waals surface area contributed by atoms with E-state index in [1.54, 1.807) is 24.5 Å². The normalized spacial score (nSPS) is 20.3. The molecule has 5 nitrogen and oxygen atoms in total. The van der Waals surface area contributed by atoms with Crippen molar-refractivity contribution in [1.29, 1.82) is 0 Å². The Bertz CT molecular complexity index is 921. The molecule has 0 saturated carbocycles. The number of hydrogen-bond donors (Lipinski definition) is 1. The summed E-state index contributed by atoms with van der Waals surface area (Å²) in [6, 6.07) is 10.1. The third kappa shape index (κ3) is 2.88. The van der Waals surface area contributed by atoms with Crippen molar-refractivity contribution in [3.8, 4) is 0 Å². The largest absolute Gasteiger partial charge is 0.343 e. The SMILES string of the molecule is C[C@@]1(Cc2ccc(F)cc2)CCCN1C(=O)c1ccc2[nH]cnc2n1. The average Bonchev–Trinajstić information content (AvgIpc) is 3.22. The highest BCUT2D eigenvalue weighted by molar-refractivity contribution is 5.94. The van der Waals surface area contributed by atoms with Gasteiger partial charge in [-0.1, -0.05) is 12.1 Å². The minimum Gasteiger partial charge on any atom is -0.343 e. The van der Waals surface area contributed by atoms with Crippen molar-refractivity contribution in [3.63, 3.8) is 0 Å². The maximum atomic E-state index is 13.1. The van der Waals surface area contributed by atoms with Crippen LogP contribution in [0.25, 0.3) is 11.2 Å². The second kappa shape index (κ2) is 5.95. The van der Waals surface area contributed by atoms with Gasteiger partial charge in [-0.2, -0.15) is 0 Å². The van der Waals surface area contributed by atoms with Crippen LogP contribution in [0.15, 0.2) is 42.7 Å². The van der Waals surface area contributed by atoms with E-state index in [4.69, 9.17) is 0 Å². The van der Waals surface area contributed by atoms with Crippen LogP contribution in [0, 0.1) is 5.82 Å². The summed E-state index contributed by atoms with van der Waals surface area (Å²) >= 11 is 0. The number of fused-ring (bicyclic) bond motifs is 1. The summed E-state index contributed by atoms with van der Waals surface area (Å²) in [5, 5.41) is 0. The average molecular weight is 338 g/mol. The lowest BCUT2D eigenvalue weighted by Gasteiger charge is -2.35. The zero-order valence-corrected chi connectivity index (χ0v) is 14.0. The number of likely N-dealkylation sites (tertiary alicyclic amines) is 1. The Morgan fingerprint density at radius 3 is 2.88 bits per heavy atom. The van der Waals surface area contributed by atoms with Crippen molar-refractivity contribution >= 4 is 17.1 Å². The number of pyridine rings is 1. The molecule has 6 heteroatoms. The minimum absolute atomic E-state index is 0.0768. The highest BCUT2D eigenvalue weighted by atomic mass is 19.1. The number of imidazole rings is 1. The molecule has 1 atom stereocenters. The first-order chi connectivity index (χ1) is 12.0. The number of halogens is 1. The lowest BCUT2D eigenvalue weighted by atomic mass is 9.90. The molecule has 3 aromatic rings. The van der Waals surface area contributed by atoms with Crippen LogP contribution in [0.3, 0.4) is 0 Å². The molecule has 1 aliphatic heterocycles. The number of H-pyrrole nitrogens is 1. The number of aromatic nitrogens is 3. The van der Waals surface area contributed by atoms with E-state index < -0.39 is 0 Å². The molecule has 4 rings (SSSR count). The molecule has 0 bridgehead atoms. The second-order valence-corrected chi connectivity index (χ2v) is 6.83. The summed E-state index contributed by atoms with van der Waals surface area (Å²) in [4.78, 5) is 26.4. The van der Waals surface area contributed by atoms with Gasteiger partial charge in [0.2, 0.25) is 0 Å². The number of nitrogens with one attached hydrogen (secondary N) is 1. The van der Waals surface area contributed by atoms with Gasteiger partial charge in [-0.05, 0) is 56.0 Å². The third-order valence-electron chi connectivity index (χ3n) is 4.99. The van der Waals surface area contributed by atoms with Gasteiger partial charge in [-0.3, -0.25) is 4.79 Å². The Hall–Kier alpha value is -2.76. The summed E-state index contributed by atoms with van der Waals surface area (Å²) in [5.74, 6) is -0.322. The van der Waals surface area contributed by atoms with E-state index >= 15 is 0 Å². The molecule has 3 heterocycles. The zero-order chi connectivity index (χ0) is 17.4. The maximum absolute atomic E-state index is 13.1. The molecule has 25 heavy (non-hydrogen) atoms. The maximum Gasteiger partial charge on any atom is 0.273 e. The van der Waals surface area contributed by atoms with E-state index in [1.165, 1.54) is 12.1 Å². The van der Waals surface area contributed by atoms with Crippen LogP contribution in [-0.4, -0.2) is 37.8 Å². The second-order valence-electron chi connectivity index (χ2n) is 6.83. The first-order valence-corrected chi connectivity index (χ1v) is 8.42. The Morgan fingerprint density at radius 1 is 1.28 bits per heavy atom. The third-order valence-corrected chi connectivity index (χ3v) is 4.99. The van der Waals surface area contributed by atoms with Crippen molar-refractivity contribution < 1.29 is 9.18 Å². The van der Waals surface area contributed by atoms with Gasteiger partial charge in [0.1, 0.15) is 11.5 Å². The van der Waals surface area contributed by atoms with Gasteiger partial charge in [-0.15, -0.1) is 0 Å². The summed E-state index contributed by atoms with van der Waals surface area (Å²) in [6.45, 7) is 2.80. The van der Waals surface area contributed by atoms with E-state index in [0.717, 1.165) is 23.9 Å². The molecule has 0 unspecified atom stereocenters. The predicted molar refractivity (Wildman–Crippen MR) is 92.7 cm³/mol. The molecule has 1 N–H and O–H groups in total. The molecular weight excluding hydrogens is 319 g/mol. The Morgan fingerprint density at radius 2 is 2.08 bits per heavy atom. The molecule has 0 spiro atoms. The fourth-order valence-corrected chi connectivity index (χ4v) is 3.68. The highest BCUT2D eigenvalue weighted by Gasteiger charge is 2.40. The van der Waals surface area contributed by atoms with Crippen molar-refractivity contribution in [2.75, 3.05) is 6.54 Å². The molecule has 1 saturated heterocycles. The molecule has 1 aliphatic rings. The molecule has 2 aromatic heterocycles. The number of amides is 1. The zero-order valence-electron chi connectivity index (χ0n) is 14.0. The predicted octanol–water partition coefficient (Wildman–Crippen LogP) is 3.33. The highest BCUT2D eigenvalue weighted by Crippen LogP contribution is 2.33. The van der Waals surface area contributed by atoms with E-state index in [2.05, 4.69) is 21.9 Å². The molecule has 128 valence electrons. The summed E-state index contributed by atoms with van der Waals surface area (Å²) in [7, 11) is 0. The van der Waals surface area contributed by atoms with Crippen LogP contribution >= 0.6 is 0 Å². The van der Waals surface area contributed by atoms with Crippen LogP contribution in [0.5, 0.6) is 0 Å². The van der Waals surface area contributed by atoms with Gasteiger partial charge >= 0.3 is 0 Å². The number of benzene rings is 1. The van der Waals surface area contributed by atoms with E-state index in [9.17, 15) is 9.18 Å². The van der Waals surface area contributed by atoms with Gasteiger partial charge < -0.3 is 9.88 Å². The minimum atomic E-state index is -0.295. The van der Waals surface area contributed by atoms with Crippen molar-refractivity contribution in [2.24, 2.45) is 0 Å². The first-order valence-electron chi connectivity index (χ1n) is 8.42. The van der Waals surface area contributed by atoms with E-state index in [0.29, 0.717) is 24.3 Å². The Kier molecular flexibility index (Phi) is 3.75. The van der Waals surface area contributed by atoms with Gasteiger partial charge in [0, 0.05) is 12.1 Å². The van der Waals surface area contributed by atoms with Crippen LogP contribution in [0.1, 0.15) is 35.8 Å². The standard InChI is InChI=1S/C19H19FN4O/c1-19(11-13-3-5-14(20)6-4-13)9-2-10-24(19)18(25)16-8-7-15-17(23-16)22-12-21-15/h3-8,12H,2,9-11H2,1H3,(H,21,22,23)/t19-/m0/s1. The molecule has 1 aromatic carbocycles. The van der Waals surface area contributed by atoms with Crippen LogP contribution in [0.2, 0.25) is 0 Å². The Balaban J connectivity index is 1.61. The smallest absolute Gasteiger partial charge is 0.273 e. The van der Waals surface area contributed by atoms with Crippen molar-refractivity contribution in [1.82, 2.24) is 19.9 Å². The number of rotatable bonds is 3. The number of carbonyl (C=O) groups excluding carboxylic acids is 1. The molecule has 0 radical (unpaired) electrons. The fourth-order valence-electron chi connectivity index (χ4n) is 3.68. The number of hydrogen-bond acceptors (Lipinski definition) is 3. The number of carbonyl (C=O) groups is 1. The van der Waals surface area contributed by atoms with Crippen LogP contribution in [-0.2, 0) is 6.42 Å². The summed E-state index contributed by atoms with van der Waals surface area (Å²) in [5.41, 5.74) is 2.50. The topological polar surface area (TPSA) is 61.9 Å². The quantitative estimate of drug-likeness (QED) is 0.797. The summed E-state index contributed by atoms with van der Waals surface area (Å²) in [6.07, 6.45) is 4.14. The molecule has 1 amide bonds. The number of aromatic amines is 1. The lowest BCUT2D eigenvalue weighted by molar-refractivity contribution is 0.0618.